The zero-order valence-corrected chi connectivity index (χ0v) is 39.5. The molecule has 3 aliphatic heterocycles. The fourth-order valence-electron chi connectivity index (χ4n) is 11.6. The van der Waals surface area contributed by atoms with Crippen LogP contribution < -0.4 is 14.2 Å². The first-order valence-corrected chi connectivity index (χ1v) is 26.5. The number of esters is 1. The number of sulfonamides is 1. The molecule has 2 bridgehead atoms. The Labute approximate surface area is 390 Å². The quantitative estimate of drug-likeness (QED) is 0.139. The number of ketones is 1. The first-order chi connectivity index (χ1) is 31.9. The fourth-order valence-corrected chi connectivity index (χ4v) is 13.0. The van der Waals surface area contributed by atoms with Crippen molar-refractivity contribution in [2.45, 2.75) is 133 Å². The van der Waals surface area contributed by atoms with Gasteiger partial charge in [-0.3, -0.25) is 23.9 Å². The highest BCUT2D eigenvalue weighted by atomic mass is 32.2. The molecular weight excluding hydrogens is 859 g/mol. The Morgan fingerprint density at radius 3 is 2.50 bits per heavy atom. The van der Waals surface area contributed by atoms with Gasteiger partial charge in [0.25, 0.3) is 0 Å². The standard InChI is InChI=1S/C51H69N5O9S/c1-3-36-31-51(36,50(60)53-66(61,62)38-21-22-38)32-44(57)43-29-37-33-56(43)49(59)41(34-13-7-8-14-34)30-46(58)65-45-20-11-16-35(45)15-5-4-6-18-40-47(39-17-9-10-19-42(39)52-48(40)64-37)63-28-12-23-55-26-24-54(2)25-27-55/h3-4,6,9-10,17,19,34-38,41,43,45H,1,5,7-8,11-16,18,20-33H2,2H3,(H,53,60)/b6-4+/t35-,36?,37-,41+,43+,45-,51-/m1/s1. The second kappa shape index (κ2) is 20.1. The topological polar surface area (TPSA) is 165 Å². The van der Waals surface area contributed by atoms with Gasteiger partial charge in [0, 0.05) is 51.0 Å². The summed E-state index contributed by atoms with van der Waals surface area (Å²) in [6, 6.07) is 6.91. The van der Waals surface area contributed by atoms with E-state index >= 15 is 4.79 Å². The zero-order valence-electron chi connectivity index (χ0n) is 38.7. The lowest BCUT2D eigenvalue weighted by molar-refractivity contribution is -0.156. The van der Waals surface area contributed by atoms with Gasteiger partial charge in [-0.05, 0) is 114 Å². The first-order valence-electron chi connectivity index (χ1n) is 24.9. The van der Waals surface area contributed by atoms with Gasteiger partial charge < -0.3 is 28.9 Å². The van der Waals surface area contributed by atoms with Gasteiger partial charge in [0.2, 0.25) is 27.7 Å². The van der Waals surface area contributed by atoms with E-state index in [-0.39, 0.29) is 67.8 Å². The summed E-state index contributed by atoms with van der Waals surface area (Å²) in [5.74, 6) is -1.48. The second-order valence-corrected chi connectivity index (χ2v) is 22.4. The molecule has 0 spiro atoms. The number of pyridine rings is 1. The fraction of sp³-hybridized carbons (Fsp3) is 0.667. The van der Waals surface area contributed by atoms with E-state index in [9.17, 15) is 22.8 Å². The number of hydrogen-bond donors (Lipinski definition) is 1. The normalized spacial score (nSPS) is 31.0. The largest absolute Gasteiger partial charge is 0.492 e. The van der Waals surface area contributed by atoms with Crippen LogP contribution in [0.25, 0.3) is 10.9 Å². The van der Waals surface area contributed by atoms with Crippen molar-refractivity contribution < 1.29 is 41.8 Å². The third kappa shape index (κ3) is 10.4. The van der Waals surface area contributed by atoms with E-state index < -0.39 is 50.6 Å². The molecule has 1 aromatic carbocycles. The first kappa shape index (κ1) is 46.8. The summed E-state index contributed by atoms with van der Waals surface area (Å²) in [5.41, 5.74) is 0.220. The van der Waals surface area contributed by atoms with Crippen molar-refractivity contribution in [1.29, 1.82) is 0 Å². The maximum absolute atomic E-state index is 15.2. The molecule has 9 rings (SSSR count). The highest BCUT2D eigenvalue weighted by Crippen LogP contribution is 2.57. The van der Waals surface area contributed by atoms with Crippen LogP contribution in [-0.4, -0.2) is 128 Å². The Kier molecular flexibility index (Phi) is 14.2. The molecule has 66 heavy (non-hydrogen) atoms. The highest BCUT2D eigenvalue weighted by molar-refractivity contribution is 7.90. The summed E-state index contributed by atoms with van der Waals surface area (Å²) in [6.07, 6.45) is 15.5. The zero-order chi connectivity index (χ0) is 46.0. The van der Waals surface area contributed by atoms with Crippen LogP contribution in [0.1, 0.15) is 108 Å². The Morgan fingerprint density at radius 1 is 0.970 bits per heavy atom. The minimum atomic E-state index is -3.87. The number of benzene rings is 1. The van der Waals surface area contributed by atoms with Crippen LogP contribution in [-0.2, 0) is 40.4 Å². The van der Waals surface area contributed by atoms with Crippen molar-refractivity contribution in [3.63, 3.8) is 0 Å². The number of carbonyl (C=O) groups excluding carboxylic acids is 4. The molecule has 0 radical (unpaired) electrons. The number of nitrogens with one attached hydrogen (secondary N) is 1. The number of Topliss-reactive ketones (excluding diaryl/α,β-unsaturated/α-hetero) is 1. The van der Waals surface area contributed by atoms with E-state index in [1.807, 2.05) is 24.3 Å². The molecule has 14 nitrogen and oxygen atoms in total. The minimum Gasteiger partial charge on any atom is -0.492 e. The summed E-state index contributed by atoms with van der Waals surface area (Å²) in [6.45, 7) is 9.58. The lowest BCUT2D eigenvalue weighted by Gasteiger charge is -2.32. The van der Waals surface area contributed by atoms with Crippen LogP contribution in [0.5, 0.6) is 11.6 Å². The molecular formula is C51H69N5O9S. The average molecular weight is 928 g/mol. The Hall–Kier alpha value is -4.34. The van der Waals surface area contributed by atoms with Crippen molar-refractivity contribution >= 4 is 44.5 Å². The number of allylic oxidation sites excluding steroid dienone is 3. The van der Waals surface area contributed by atoms with Gasteiger partial charge in [-0.25, -0.2) is 13.4 Å². The van der Waals surface area contributed by atoms with Crippen LogP contribution in [0.2, 0.25) is 0 Å². The minimum absolute atomic E-state index is 0.0427. The van der Waals surface area contributed by atoms with Gasteiger partial charge in [0.15, 0.2) is 5.78 Å². The molecule has 7 atom stereocenters. The predicted molar refractivity (Wildman–Crippen MR) is 250 cm³/mol. The van der Waals surface area contributed by atoms with E-state index in [2.05, 4.69) is 40.3 Å². The van der Waals surface area contributed by atoms with Gasteiger partial charge in [-0.1, -0.05) is 43.2 Å². The third-order valence-electron chi connectivity index (χ3n) is 15.9. The van der Waals surface area contributed by atoms with E-state index in [0.717, 1.165) is 108 Å². The monoisotopic (exact) mass is 927 g/mol. The molecule has 1 aromatic heterocycles. The molecule has 4 heterocycles. The number of aromatic nitrogens is 1. The molecule has 2 amide bonds. The second-order valence-electron chi connectivity index (χ2n) is 20.4. The molecule has 1 N–H and O–H groups in total. The number of nitrogens with zero attached hydrogens (tertiary/aromatic N) is 4. The molecule has 4 saturated carbocycles. The molecule has 2 aromatic rings. The Morgan fingerprint density at radius 2 is 1.74 bits per heavy atom. The number of amides is 2. The number of likely N-dealkylation sites (N-methyl/N-ethyl adjacent to an activating group) is 1. The average Bonchev–Trinajstić information content (AvgIpc) is 4.09. The Bertz CT molecular complexity index is 2290. The number of hydrogen-bond acceptors (Lipinski definition) is 12. The molecule has 7 aliphatic rings. The number of para-hydroxylation sites is 1. The summed E-state index contributed by atoms with van der Waals surface area (Å²) in [5, 5.41) is 0.278. The van der Waals surface area contributed by atoms with Crippen molar-refractivity contribution in [3.8, 4) is 11.6 Å². The summed E-state index contributed by atoms with van der Waals surface area (Å²) in [4.78, 5) is 69.4. The Balaban J connectivity index is 1.05. The number of fused-ring (bicyclic) bond motifs is 5. The van der Waals surface area contributed by atoms with Crippen LogP contribution in [0, 0.1) is 29.1 Å². The maximum atomic E-state index is 15.2. The van der Waals surface area contributed by atoms with E-state index in [4.69, 9.17) is 19.2 Å². The summed E-state index contributed by atoms with van der Waals surface area (Å²) >= 11 is 0. The van der Waals surface area contributed by atoms with Crippen LogP contribution in [0.4, 0.5) is 0 Å². The summed E-state index contributed by atoms with van der Waals surface area (Å²) in [7, 11) is -1.71. The molecule has 1 unspecified atom stereocenters. The molecule has 4 aliphatic carbocycles. The number of carbonyl (C=O) groups is 4. The van der Waals surface area contributed by atoms with Crippen LogP contribution in [0.3, 0.4) is 0 Å². The number of rotatable bonds is 13. The van der Waals surface area contributed by atoms with Crippen molar-refractivity contribution in [2.24, 2.45) is 29.1 Å². The van der Waals surface area contributed by atoms with E-state index in [1.54, 1.807) is 11.0 Å². The maximum Gasteiger partial charge on any atom is 0.306 e. The molecule has 358 valence electrons. The lowest BCUT2D eigenvalue weighted by Crippen LogP contribution is -2.47. The number of piperazine rings is 1. The smallest absolute Gasteiger partial charge is 0.306 e. The number of ether oxygens (including phenoxy) is 3. The van der Waals surface area contributed by atoms with Crippen molar-refractivity contribution in [1.82, 2.24) is 24.4 Å². The van der Waals surface area contributed by atoms with Gasteiger partial charge in [0.05, 0.1) is 53.3 Å². The SMILES string of the molecule is C=CC1C[C@]1(CC(=O)[C@@H]1C[C@@H]2CN1C(=O)[C@H](C1CCCC1)CC(=O)O[C@@H]1CCC[C@H]1CC/C=C/Cc1c(nc3ccccc3c1OCCCN1CCN(C)CC1)O2)C(=O)NS(=O)(=O)C1CC1. The van der Waals surface area contributed by atoms with E-state index in [0.29, 0.717) is 43.0 Å². The van der Waals surface area contributed by atoms with E-state index in [1.165, 1.54) is 0 Å². The lowest BCUT2D eigenvalue weighted by atomic mass is 9.86. The van der Waals surface area contributed by atoms with Gasteiger partial charge in [-0.2, -0.15) is 0 Å². The van der Waals surface area contributed by atoms with Gasteiger partial charge in [-0.15, -0.1) is 6.58 Å². The van der Waals surface area contributed by atoms with Crippen molar-refractivity contribution in [2.75, 3.05) is 52.9 Å². The van der Waals surface area contributed by atoms with Crippen LogP contribution >= 0.6 is 0 Å². The third-order valence-corrected chi connectivity index (χ3v) is 17.7. The molecule has 15 heteroatoms. The highest BCUT2D eigenvalue weighted by Gasteiger charge is 2.61. The van der Waals surface area contributed by atoms with Crippen LogP contribution in [0.15, 0.2) is 49.1 Å². The van der Waals surface area contributed by atoms with Gasteiger partial charge in [0.1, 0.15) is 18.0 Å². The van der Waals surface area contributed by atoms with Gasteiger partial charge >= 0.3 is 5.97 Å². The van der Waals surface area contributed by atoms with Crippen molar-refractivity contribution in [3.05, 3.63) is 54.6 Å². The molecule has 6 fully saturated rings. The summed E-state index contributed by atoms with van der Waals surface area (Å²) < 4.78 is 48.2. The predicted octanol–water partition coefficient (Wildman–Crippen LogP) is 6.16. The molecule has 2 saturated heterocycles.